The van der Waals surface area contributed by atoms with Gasteiger partial charge in [0, 0.05) is 12.6 Å². The average molecular weight is 299 g/mol. The molecule has 0 aliphatic heterocycles. The van der Waals surface area contributed by atoms with Crippen molar-refractivity contribution in [2.24, 2.45) is 0 Å². The Morgan fingerprint density at radius 1 is 1.50 bits per heavy atom. The van der Waals surface area contributed by atoms with Gasteiger partial charge in [-0.05, 0) is 24.4 Å². The second-order valence-corrected chi connectivity index (χ2v) is 5.70. The summed E-state index contributed by atoms with van der Waals surface area (Å²) in [5.74, 6) is -0.263. The molecule has 1 saturated carbocycles. The fourth-order valence-electron chi connectivity index (χ4n) is 2.73. The number of nitrogen functional groups attached to an aromatic ring is 1. The van der Waals surface area contributed by atoms with Crippen molar-refractivity contribution in [2.75, 3.05) is 30.9 Å². The van der Waals surface area contributed by atoms with E-state index in [1.807, 2.05) is 0 Å². The van der Waals surface area contributed by atoms with Crippen molar-refractivity contribution in [1.29, 1.82) is 0 Å². The number of nitrogens with zero attached hydrogens (tertiary/aromatic N) is 2. The van der Waals surface area contributed by atoms with Crippen LogP contribution in [-0.4, -0.2) is 41.8 Å². The van der Waals surface area contributed by atoms with Gasteiger partial charge in [0.15, 0.2) is 5.82 Å². The molecule has 0 spiro atoms. The van der Waals surface area contributed by atoms with Gasteiger partial charge in [-0.25, -0.2) is 4.79 Å². The highest BCUT2D eigenvalue weighted by atomic mass is 32.1. The van der Waals surface area contributed by atoms with Crippen molar-refractivity contribution in [1.82, 2.24) is 4.37 Å². The van der Waals surface area contributed by atoms with Crippen LogP contribution in [0, 0.1) is 0 Å². The summed E-state index contributed by atoms with van der Waals surface area (Å²) >= 11 is 1.20. The SMILES string of the molecule is COC(=O)c1c(N)nsc1N(CCO)C1CCCCC1. The second kappa shape index (κ2) is 6.90. The highest BCUT2D eigenvalue weighted by Gasteiger charge is 2.29. The number of rotatable bonds is 5. The highest BCUT2D eigenvalue weighted by molar-refractivity contribution is 7.11. The molecule has 0 radical (unpaired) electrons. The minimum Gasteiger partial charge on any atom is -0.465 e. The van der Waals surface area contributed by atoms with E-state index >= 15 is 0 Å². The van der Waals surface area contributed by atoms with Crippen LogP contribution in [0.5, 0.6) is 0 Å². The molecule has 6 nitrogen and oxygen atoms in total. The molecule has 1 aliphatic carbocycles. The lowest BCUT2D eigenvalue weighted by Crippen LogP contribution is -2.39. The third-order valence-electron chi connectivity index (χ3n) is 3.71. The molecule has 0 saturated heterocycles. The topological polar surface area (TPSA) is 88.7 Å². The van der Waals surface area contributed by atoms with Crippen LogP contribution in [0.1, 0.15) is 42.5 Å². The minimum absolute atomic E-state index is 0.0366. The van der Waals surface area contributed by atoms with Crippen molar-refractivity contribution >= 4 is 28.3 Å². The van der Waals surface area contributed by atoms with Gasteiger partial charge in [0.2, 0.25) is 0 Å². The van der Waals surface area contributed by atoms with E-state index in [4.69, 9.17) is 10.5 Å². The molecule has 0 unspecified atom stereocenters. The first-order valence-corrected chi connectivity index (χ1v) is 7.67. The summed E-state index contributed by atoms with van der Waals surface area (Å²) in [6.45, 7) is 0.519. The summed E-state index contributed by atoms with van der Waals surface area (Å²) in [6.07, 6.45) is 5.73. The molecule has 0 atom stereocenters. The molecule has 1 aromatic heterocycles. The molecule has 0 amide bonds. The van der Waals surface area contributed by atoms with Crippen LogP contribution < -0.4 is 10.6 Å². The average Bonchev–Trinajstić information content (AvgIpc) is 2.86. The lowest BCUT2D eigenvalue weighted by atomic mass is 9.94. The van der Waals surface area contributed by atoms with Gasteiger partial charge in [-0.2, -0.15) is 4.37 Å². The van der Waals surface area contributed by atoms with Gasteiger partial charge in [0.1, 0.15) is 10.6 Å². The predicted molar refractivity (Wildman–Crippen MR) is 79.2 cm³/mol. The van der Waals surface area contributed by atoms with E-state index in [0.29, 0.717) is 18.2 Å². The molecule has 1 aromatic rings. The van der Waals surface area contributed by atoms with E-state index in [9.17, 15) is 9.90 Å². The zero-order valence-electron chi connectivity index (χ0n) is 11.7. The summed E-state index contributed by atoms with van der Waals surface area (Å²) in [5.41, 5.74) is 6.12. The highest BCUT2D eigenvalue weighted by Crippen LogP contribution is 2.35. The van der Waals surface area contributed by atoms with Gasteiger partial charge in [-0.15, -0.1) is 0 Å². The van der Waals surface area contributed by atoms with Gasteiger partial charge >= 0.3 is 5.97 Å². The fraction of sp³-hybridized carbons (Fsp3) is 0.692. The monoisotopic (exact) mass is 299 g/mol. The lowest BCUT2D eigenvalue weighted by Gasteiger charge is -2.34. The minimum atomic E-state index is -0.468. The molecule has 112 valence electrons. The van der Waals surface area contributed by atoms with Crippen molar-refractivity contribution in [2.45, 2.75) is 38.1 Å². The largest absolute Gasteiger partial charge is 0.465 e. The number of carbonyl (C=O) groups excluding carboxylic acids is 1. The number of hydrogen-bond donors (Lipinski definition) is 2. The molecule has 3 N–H and O–H groups in total. The van der Waals surface area contributed by atoms with E-state index in [2.05, 4.69) is 9.27 Å². The number of aliphatic hydroxyl groups excluding tert-OH is 1. The number of ether oxygens (including phenoxy) is 1. The van der Waals surface area contributed by atoms with Crippen LogP contribution in [0.3, 0.4) is 0 Å². The maximum Gasteiger partial charge on any atom is 0.344 e. The van der Waals surface area contributed by atoms with Gasteiger partial charge in [-0.3, -0.25) is 0 Å². The smallest absolute Gasteiger partial charge is 0.344 e. The maximum atomic E-state index is 11.9. The van der Waals surface area contributed by atoms with Crippen molar-refractivity contribution in [3.05, 3.63) is 5.56 Å². The third kappa shape index (κ3) is 3.04. The number of carbonyl (C=O) groups is 1. The van der Waals surface area contributed by atoms with Crippen LogP contribution >= 0.6 is 11.5 Å². The molecule has 20 heavy (non-hydrogen) atoms. The molecule has 1 fully saturated rings. The third-order valence-corrected chi connectivity index (χ3v) is 4.61. The molecule has 2 rings (SSSR count). The van der Waals surface area contributed by atoms with Crippen LogP contribution in [0.4, 0.5) is 10.8 Å². The maximum absolute atomic E-state index is 11.9. The molecule has 7 heteroatoms. The van der Waals surface area contributed by atoms with Crippen LogP contribution in [0.2, 0.25) is 0 Å². The van der Waals surface area contributed by atoms with Crippen LogP contribution in [0.25, 0.3) is 0 Å². The van der Waals surface area contributed by atoms with Gasteiger partial charge in [-0.1, -0.05) is 19.3 Å². The Hall–Kier alpha value is -1.34. The Morgan fingerprint density at radius 2 is 2.20 bits per heavy atom. The first kappa shape index (κ1) is 15.1. The Morgan fingerprint density at radius 3 is 2.80 bits per heavy atom. The van der Waals surface area contributed by atoms with Crippen molar-refractivity contribution in [3.8, 4) is 0 Å². The number of aliphatic hydroxyl groups is 1. The normalized spacial score (nSPS) is 16.1. The van der Waals surface area contributed by atoms with Gasteiger partial charge in [0.25, 0.3) is 0 Å². The number of nitrogens with two attached hydrogens (primary N) is 1. The standard InChI is InChI=1S/C13H21N3O3S/c1-19-13(18)10-11(14)15-20-12(10)16(7-8-17)9-5-3-2-4-6-9/h9,17H,2-8H2,1H3,(H2,14,15). The summed E-state index contributed by atoms with van der Waals surface area (Å²) < 4.78 is 8.87. The van der Waals surface area contributed by atoms with E-state index in [0.717, 1.165) is 17.8 Å². The number of methoxy groups -OCH3 is 1. The first-order chi connectivity index (χ1) is 9.69. The van der Waals surface area contributed by atoms with Crippen LogP contribution in [-0.2, 0) is 4.74 Å². The molecule has 1 heterocycles. The first-order valence-electron chi connectivity index (χ1n) is 6.90. The zero-order chi connectivity index (χ0) is 14.5. The van der Waals surface area contributed by atoms with E-state index in [1.54, 1.807) is 0 Å². The Labute approximate surface area is 122 Å². The van der Waals surface area contributed by atoms with E-state index < -0.39 is 5.97 Å². The van der Waals surface area contributed by atoms with Gasteiger partial charge in [0.05, 0.1) is 13.7 Å². The summed E-state index contributed by atoms with van der Waals surface area (Å²) in [7, 11) is 1.33. The zero-order valence-corrected chi connectivity index (χ0v) is 12.5. The lowest BCUT2D eigenvalue weighted by molar-refractivity contribution is 0.0602. The van der Waals surface area contributed by atoms with Crippen molar-refractivity contribution < 1.29 is 14.6 Å². The Bertz CT molecular complexity index is 458. The summed E-state index contributed by atoms with van der Waals surface area (Å²) in [4.78, 5) is 14.0. The Balaban J connectivity index is 2.31. The van der Waals surface area contributed by atoms with Crippen molar-refractivity contribution in [3.63, 3.8) is 0 Å². The molecule has 1 aliphatic rings. The fourth-order valence-corrected chi connectivity index (χ4v) is 3.63. The molecular formula is C13H21N3O3S. The van der Waals surface area contributed by atoms with E-state index in [-0.39, 0.29) is 12.4 Å². The van der Waals surface area contributed by atoms with Gasteiger partial charge < -0.3 is 20.5 Å². The number of hydrogen-bond acceptors (Lipinski definition) is 7. The summed E-state index contributed by atoms with van der Waals surface area (Å²) in [6, 6.07) is 0.333. The second-order valence-electron chi connectivity index (χ2n) is 4.95. The molecular weight excluding hydrogens is 278 g/mol. The predicted octanol–water partition coefficient (Wildman–Crippen LogP) is 1.64. The molecule has 0 aromatic carbocycles. The summed E-state index contributed by atoms with van der Waals surface area (Å²) in [5, 5.41) is 10.0. The Kier molecular flexibility index (Phi) is 5.19. The van der Waals surface area contributed by atoms with Crippen LogP contribution in [0.15, 0.2) is 0 Å². The van der Waals surface area contributed by atoms with E-state index in [1.165, 1.54) is 37.9 Å². The quantitative estimate of drug-likeness (QED) is 0.804. The number of aromatic nitrogens is 1. The molecule has 0 bridgehead atoms. The number of esters is 1. The number of anilines is 2.